The molecule has 0 aliphatic heterocycles. The molecule has 3 heteroatoms. The van der Waals surface area contributed by atoms with Crippen LogP contribution in [0.25, 0.3) is 0 Å². The van der Waals surface area contributed by atoms with Gasteiger partial charge in [-0.1, -0.05) is 27.7 Å². The molecule has 0 rings (SSSR count). The first-order chi connectivity index (χ1) is 5.83. The van der Waals surface area contributed by atoms with Crippen molar-refractivity contribution >= 4 is 6.41 Å². The Balaban J connectivity index is 4.07. The number of hydrogen-bond acceptors (Lipinski definition) is 2. The Morgan fingerprint density at radius 1 is 1.23 bits per heavy atom. The lowest BCUT2D eigenvalue weighted by molar-refractivity contribution is -0.110. The van der Waals surface area contributed by atoms with Crippen molar-refractivity contribution in [1.29, 1.82) is 0 Å². The van der Waals surface area contributed by atoms with Crippen molar-refractivity contribution in [2.24, 2.45) is 16.6 Å². The summed E-state index contributed by atoms with van der Waals surface area (Å²) in [7, 11) is 0. The summed E-state index contributed by atoms with van der Waals surface area (Å²) in [5, 5.41) is 2.71. The molecule has 3 N–H and O–H groups in total. The second kappa shape index (κ2) is 4.61. The van der Waals surface area contributed by atoms with Crippen molar-refractivity contribution < 1.29 is 4.79 Å². The van der Waals surface area contributed by atoms with Gasteiger partial charge < -0.3 is 11.1 Å². The lowest BCUT2D eigenvalue weighted by Crippen LogP contribution is -2.36. The van der Waals surface area contributed by atoms with E-state index in [4.69, 9.17) is 5.73 Å². The molecular formula is C10H22N2O. The highest BCUT2D eigenvalue weighted by Gasteiger charge is 2.27. The van der Waals surface area contributed by atoms with Gasteiger partial charge in [0.25, 0.3) is 0 Å². The number of carbonyl (C=O) groups excluding carboxylic acids is 1. The van der Waals surface area contributed by atoms with Gasteiger partial charge in [0.1, 0.15) is 0 Å². The van der Waals surface area contributed by atoms with E-state index < -0.39 is 0 Å². The SMILES string of the molecule is CC(C)(CN)CC(C)(C)CNC=O. The highest BCUT2D eigenvalue weighted by molar-refractivity contribution is 5.45. The fourth-order valence-electron chi connectivity index (χ4n) is 1.75. The van der Waals surface area contributed by atoms with Crippen LogP contribution in [0, 0.1) is 10.8 Å². The maximum Gasteiger partial charge on any atom is 0.207 e. The lowest BCUT2D eigenvalue weighted by Gasteiger charge is -2.33. The maximum absolute atomic E-state index is 10.2. The third-order valence-corrected chi connectivity index (χ3v) is 2.17. The van der Waals surface area contributed by atoms with E-state index in [-0.39, 0.29) is 10.8 Å². The van der Waals surface area contributed by atoms with Gasteiger partial charge in [0.15, 0.2) is 0 Å². The molecule has 0 saturated carbocycles. The average Bonchev–Trinajstić information content (AvgIpc) is 1.99. The van der Waals surface area contributed by atoms with Crippen LogP contribution in [0.4, 0.5) is 0 Å². The smallest absolute Gasteiger partial charge is 0.207 e. The van der Waals surface area contributed by atoms with Crippen molar-refractivity contribution in [3.05, 3.63) is 0 Å². The van der Waals surface area contributed by atoms with Gasteiger partial charge in [-0.3, -0.25) is 4.79 Å². The maximum atomic E-state index is 10.2. The van der Waals surface area contributed by atoms with Gasteiger partial charge in [-0.25, -0.2) is 0 Å². The Morgan fingerprint density at radius 2 is 1.77 bits per heavy atom. The van der Waals surface area contributed by atoms with Crippen LogP contribution in [-0.4, -0.2) is 19.5 Å². The van der Waals surface area contributed by atoms with E-state index in [1.54, 1.807) is 0 Å². The standard InChI is InChI=1S/C10H22N2O/c1-9(2,6-11)5-10(3,4)7-12-8-13/h8H,5-7,11H2,1-4H3,(H,12,13). The molecule has 0 radical (unpaired) electrons. The molecule has 0 aromatic heterocycles. The Morgan fingerprint density at radius 3 is 2.15 bits per heavy atom. The minimum absolute atomic E-state index is 0.115. The molecule has 3 nitrogen and oxygen atoms in total. The van der Waals surface area contributed by atoms with E-state index in [0.29, 0.717) is 13.1 Å². The molecule has 78 valence electrons. The molecule has 0 aromatic carbocycles. The van der Waals surface area contributed by atoms with Gasteiger partial charge in [0.05, 0.1) is 0 Å². The Bertz CT molecular complexity index is 164. The number of nitrogens with one attached hydrogen (secondary N) is 1. The fraction of sp³-hybridized carbons (Fsp3) is 0.900. The zero-order valence-corrected chi connectivity index (χ0v) is 9.18. The average molecular weight is 186 g/mol. The number of hydrogen-bond donors (Lipinski definition) is 2. The molecule has 0 spiro atoms. The van der Waals surface area contributed by atoms with Crippen molar-refractivity contribution in [3.63, 3.8) is 0 Å². The predicted octanol–water partition coefficient (Wildman–Crippen LogP) is 1.13. The van der Waals surface area contributed by atoms with Crippen LogP contribution < -0.4 is 11.1 Å². The summed E-state index contributed by atoms with van der Waals surface area (Å²) >= 11 is 0. The normalized spacial score (nSPS) is 12.7. The zero-order valence-electron chi connectivity index (χ0n) is 9.18. The lowest BCUT2D eigenvalue weighted by atomic mass is 9.75. The summed E-state index contributed by atoms with van der Waals surface area (Å²) in [5.41, 5.74) is 5.91. The molecule has 13 heavy (non-hydrogen) atoms. The highest BCUT2D eigenvalue weighted by Crippen LogP contribution is 2.31. The quantitative estimate of drug-likeness (QED) is 0.611. The van der Waals surface area contributed by atoms with E-state index in [9.17, 15) is 4.79 Å². The third-order valence-electron chi connectivity index (χ3n) is 2.17. The Labute approximate surface area is 81.1 Å². The Kier molecular flexibility index (Phi) is 4.40. The van der Waals surface area contributed by atoms with E-state index >= 15 is 0 Å². The minimum Gasteiger partial charge on any atom is -0.358 e. The van der Waals surface area contributed by atoms with Crippen LogP contribution in [0.3, 0.4) is 0 Å². The van der Waals surface area contributed by atoms with Gasteiger partial charge >= 0.3 is 0 Å². The number of carbonyl (C=O) groups is 1. The first-order valence-corrected chi connectivity index (χ1v) is 4.70. The molecule has 0 bridgehead atoms. The van der Waals surface area contributed by atoms with Crippen LogP contribution in [0.1, 0.15) is 34.1 Å². The highest BCUT2D eigenvalue weighted by atomic mass is 16.1. The summed E-state index contributed by atoms with van der Waals surface area (Å²) in [6.07, 6.45) is 1.76. The summed E-state index contributed by atoms with van der Waals surface area (Å²) in [4.78, 5) is 10.2. The molecule has 0 fully saturated rings. The second-order valence-electron chi connectivity index (χ2n) is 5.21. The molecule has 0 aliphatic carbocycles. The molecule has 1 amide bonds. The summed E-state index contributed by atoms with van der Waals surface area (Å²) in [5.74, 6) is 0. The molecule has 0 atom stereocenters. The van der Waals surface area contributed by atoms with Gasteiger partial charge in [-0.2, -0.15) is 0 Å². The molecule has 0 heterocycles. The van der Waals surface area contributed by atoms with E-state index in [1.165, 1.54) is 0 Å². The van der Waals surface area contributed by atoms with E-state index in [0.717, 1.165) is 12.8 Å². The second-order valence-corrected chi connectivity index (χ2v) is 5.21. The van der Waals surface area contributed by atoms with Crippen LogP contribution in [0.2, 0.25) is 0 Å². The van der Waals surface area contributed by atoms with Gasteiger partial charge in [0, 0.05) is 6.54 Å². The van der Waals surface area contributed by atoms with Gasteiger partial charge in [-0.15, -0.1) is 0 Å². The van der Waals surface area contributed by atoms with Crippen molar-refractivity contribution in [2.45, 2.75) is 34.1 Å². The number of rotatable bonds is 6. The first-order valence-electron chi connectivity index (χ1n) is 4.70. The first kappa shape index (κ1) is 12.4. The van der Waals surface area contributed by atoms with Crippen molar-refractivity contribution in [3.8, 4) is 0 Å². The minimum atomic E-state index is 0.115. The third kappa shape index (κ3) is 5.64. The molecule has 0 aliphatic rings. The molecular weight excluding hydrogens is 164 g/mol. The molecule has 0 unspecified atom stereocenters. The fourth-order valence-corrected chi connectivity index (χ4v) is 1.75. The predicted molar refractivity (Wildman–Crippen MR) is 55.3 cm³/mol. The zero-order chi connectivity index (χ0) is 10.5. The van der Waals surface area contributed by atoms with Gasteiger partial charge in [0.2, 0.25) is 6.41 Å². The summed E-state index contributed by atoms with van der Waals surface area (Å²) in [6, 6.07) is 0. The van der Waals surface area contributed by atoms with Crippen LogP contribution >= 0.6 is 0 Å². The number of amides is 1. The Hall–Kier alpha value is -0.570. The number of nitrogens with two attached hydrogens (primary N) is 1. The van der Waals surface area contributed by atoms with E-state index in [2.05, 4.69) is 33.0 Å². The summed E-state index contributed by atoms with van der Waals surface area (Å²) < 4.78 is 0. The van der Waals surface area contributed by atoms with Crippen molar-refractivity contribution in [1.82, 2.24) is 5.32 Å². The largest absolute Gasteiger partial charge is 0.358 e. The molecule has 0 saturated heterocycles. The topological polar surface area (TPSA) is 55.1 Å². The van der Waals surface area contributed by atoms with Gasteiger partial charge in [-0.05, 0) is 23.8 Å². The van der Waals surface area contributed by atoms with Crippen LogP contribution in [0.5, 0.6) is 0 Å². The van der Waals surface area contributed by atoms with Crippen LogP contribution in [-0.2, 0) is 4.79 Å². The molecule has 0 aromatic rings. The monoisotopic (exact) mass is 186 g/mol. The summed E-state index contributed by atoms with van der Waals surface area (Å²) in [6.45, 7) is 9.96. The van der Waals surface area contributed by atoms with Crippen LogP contribution in [0.15, 0.2) is 0 Å². The van der Waals surface area contributed by atoms with E-state index in [1.807, 2.05) is 0 Å². The van der Waals surface area contributed by atoms with Crippen molar-refractivity contribution in [2.75, 3.05) is 13.1 Å².